The Hall–Kier alpha value is -1.36. The van der Waals surface area contributed by atoms with E-state index in [4.69, 9.17) is 10.9 Å². The number of amidine groups is 1. The van der Waals surface area contributed by atoms with Crippen LogP contribution in [0.5, 0.6) is 0 Å². The van der Waals surface area contributed by atoms with Crippen molar-refractivity contribution in [3.05, 3.63) is 23.8 Å². The topological polar surface area (TPSA) is 61.8 Å². The molecule has 0 aliphatic rings. The van der Waals surface area contributed by atoms with Crippen molar-refractivity contribution in [1.82, 2.24) is 0 Å². The maximum atomic E-state index is 9.08. The standard InChI is InChI=1S/C15H25N3OS/c1-4-10-18(11-5-2)12-8-7-9-13(20-6-3)14(12)15(16)17-19/h7-9,19H,4-6,10-11H2,1-3H3,(H2,16,17). The second kappa shape index (κ2) is 8.74. The van der Waals surface area contributed by atoms with Gasteiger partial charge in [0, 0.05) is 23.7 Å². The van der Waals surface area contributed by atoms with Gasteiger partial charge in [0.1, 0.15) is 0 Å². The third kappa shape index (κ3) is 4.07. The summed E-state index contributed by atoms with van der Waals surface area (Å²) < 4.78 is 0. The molecule has 0 saturated heterocycles. The van der Waals surface area contributed by atoms with Gasteiger partial charge in [0.15, 0.2) is 5.84 Å². The minimum Gasteiger partial charge on any atom is -0.409 e. The number of oxime groups is 1. The largest absolute Gasteiger partial charge is 0.409 e. The number of benzene rings is 1. The van der Waals surface area contributed by atoms with Crippen LogP contribution in [0.2, 0.25) is 0 Å². The van der Waals surface area contributed by atoms with Crippen molar-refractivity contribution in [2.75, 3.05) is 23.7 Å². The van der Waals surface area contributed by atoms with Crippen molar-refractivity contribution in [2.24, 2.45) is 10.9 Å². The highest BCUT2D eigenvalue weighted by Gasteiger charge is 2.17. The third-order valence-corrected chi connectivity index (χ3v) is 3.94. The van der Waals surface area contributed by atoms with Gasteiger partial charge < -0.3 is 15.8 Å². The first-order valence-corrected chi connectivity index (χ1v) is 8.16. The van der Waals surface area contributed by atoms with Crippen molar-refractivity contribution in [3.63, 3.8) is 0 Å². The Bertz CT molecular complexity index is 443. The molecule has 0 bridgehead atoms. The molecule has 1 aromatic rings. The molecule has 0 aliphatic carbocycles. The molecule has 0 amide bonds. The smallest absolute Gasteiger partial charge is 0.173 e. The van der Waals surface area contributed by atoms with Crippen molar-refractivity contribution >= 4 is 23.3 Å². The molecule has 0 spiro atoms. The lowest BCUT2D eigenvalue weighted by atomic mass is 10.1. The molecule has 3 N–H and O–H groups in total. The van der Waals surface area contributed by atoms with E-state index in [9.17, 15) is 0 Å². The van der Waals surface area contributed by atoms with Gasteiger partial charge in [-0.25, -0.2) is 0 Å². The quantitative estimate of drug-likeness (QED) is 0.253. The number of hydrogen-bond donors (Lipinski definition) is 2. The third-order valence-electron chi connectivity index (χ3n) is 3.00. The molecule has 5 heteroatoms. The summed E-state index contributed by atoms with van der Waals surface area (Å²) in [5.74, 6) is 1.14. The van der Waals surface area contributed by atoms with Gasteiger partial charge in [-0.2, -0.15) is 0 Å². The second-order valence-corrected chi connectivity index (χ2v) is 5.86. The molecular formula is C15H25N3OS. The summed E-state index contributed by atoms with van der Waals surface area (Å²) in [7, 11) is 0. The van der Waals surface area contributed by atoms with Gasteiger partial charge in [0.25, 0.3) is 0 Å². The lowest BCUT2D eigenvalue weighted by Crippen LogP contribution is -2.28. The van der Waals surface area contributed by atoms with Crippen LogP contribution in [-0.4, -0.2) is 29.9 Å². The number of rotatable bonds is 8. The lowest BCUT2D eigenvalue weighted by Gasteiger charge is -2.27. The van der Waals surface area contributed by atoms with E-state index in [0.717, 1.165) is 47.8 Å². The highest BCUT2D eigenvalue weighted by molar-refractivity contribution is 7.99. The van der Waals surface area contributed by atoms with E-state index >= 15 is 0 Å². The summed E-state index contributed by atoms with van der Waals surface area (Å²) in [4.78, 5) is 3.38. The van der Waals surface area contributed by atoms with Crippen LogP contribution in [0.1, 0.15) is 39.2 Å². The van der Waals surface area contributed by atoms with Crippen molar-refractivity contribution in [3.8, 4) is 0 Å². The van der Waals surface area contributed by atoms with Crippen LogP contribution in [0, 0.1) is 0 Å². The van der Waals surface area contributed by atoms with Crippen LogP contribution in [0.3, 0.4) is 0 Å². The van der Waals surface area contributed by atoms with E-state index in [2.05, 4.69) is 36.9 Å². The SMILES string of the molecule is CCCN(CCC)c1cccc(SCC)c1/C(N)=N/O. The summed E-state index contributed by atoms with van der Waals surface area (Å²) in [6, 6.07) is 6.12. The Labute approximate surface area is 126 Å². The summed E-state index contributed by atoms with van der Waals surface area (Å²) in [6.45, 7) is 8.37. The molecule has 0 fully saturated rings. The van der Waals surface area contributed by atoms with E-state index in [0.29, 0.717) is 0 Å². The van der Waals surface area contributed by atoms with Crippen molar-refractivity contribution in [1.29, 1.82) is 0 Å². The first-order chi connectivity index (χ1) is 9.69. The Balaban J connectivity index is 3.31. The van der Waals surface area contributed by atoms with Gasteiger partial charge in [-0.15, -0.1) is 11.8 Å². The first kappa shape index (κ1) is 16.7. The number of nitrogens with zero attached hydrogens (tertiary/aromatic N) is 2. The summed E-state index contributed by atoms with van der Waals surface area (Å²) in [5.41, 5.74) is 7.82. The van der Waals surface area contributed by atoms with Gasteiger partial charge in [-0.1, -0.05) is 32.0 Å². The van der Waals surface area contributed by atoms with Crippen LogP contribution in [0.15, 0.2) is 28.3 Å². The van der Waals surface area contributed by atoms with E-state index in [-0.39, 0.29) is 5.84 Å². The minimum atomic E-state index is 0.189. The summed E-state index contributed by atoms with van der Waals surface area (Å²) >= 11 is 1.71. The van der Waals surface area contributed by atoms with E-state index in [1.54, 1.807) is 11.8 Å². The summed E-state index contributed by atoms with van der Waals surface area (Å²) in [6.07, 6.45) is 2.14. The van der Waals surface area contributed by atoms with Gasteiger partial charge in [-0.3, -0.25) is 0 Å². The monoisotopic (exact) mass is 295 g/mol. The van der Waals surface area contributed by atoms with Crippen molar-refractivity contribution < 1.29 is 5.21 Å². The molecule has 4 nitrogen and oxygen atoms in total. The fourth-order valence-corrected chi connectivity index (χ4v) is 3.10. The van der Waals surface area contributed by atoms with Crippen LogP contribution in [-0.2, 0) is 0 Å². The lowest BCUT2D eigenvalue weighted by molar-refractivity contribution is 0.318. The maximum Gasteiger partial charge on any atom is 0.173 e. The van der Waals surface area contributed by atoms with Gasteiger partial charge in [0.2, 0.25) is 0 Å². The average Bonchev–Trinajstić information content (AvgIpc) is 2.46. The zero-order valence-corrected chi connectivity index (χ0v) is 13.4. The van der Waals surface area contributed by atoms with E-state index < -0.39 is 0 Å². The normalized spacial score (nSPS) is 11.7. The maximum absolute atomic E-state index is 9.08. The van der Waals surface area contributed by atoms with Gasteiger partial charge in [0.05, 0.1) is 5.56 Å². The molecule has 0 aliphatic heterocycles. The first-order valence-electron chi connectivity index (χ1n) is 7.18. The van der Waals surface area contributed by atoms with E-state index in [1.807, 2.05) is 12.1 Å². The predicted molar refractivity (Wildman–Crippen MR) is 88.1 cm³/mol. The van der Waals surface area contributed by atoms with E-state index in [1.165, 1.54) is 0 Å². The van der Waals surface area contributed by atoms with Crippen LogP contribution in [0.4, 0.5) is 5.69 Å². The second-order valence-electron chi connectivity index (χ2n) is 4.56. The molecule has 0 radical (unpaired) electrons. The molecule has 1 rings (SSSR count). The summed E-state index contributed by atoms with van der Waals surface area (Å²) in [5, 5.41) is 12.3. The molecule has 0 aromatic heterocycles. The molecule has 0 unspecified atom stereocenters. The van der Waals surface area contributed by atoms with Crippen LogP contribution >= 0.6 is 11.8 Å². The molecule has 0 atom stereocenters. The van der Waals surface area contributed by atoms with Crippen molar-refractivity contribution in [2.45, 2.75) is 38.5 Å². The Kier molecular flexibility index (Phi) is 7.30. The Morgan fingerprint density at radius 1 is 1.25 bits per heavy atom. The number of anilines is 1. The van der Waals surface area contributed by atoms with Crippen LogP contribution in [0.25, 0.3) is 0 Å². The molecule has 0 heterocycles. The Morgan fingerprint density at radius 3 is 2.40 bits per heavy atom. The van der Waals surface area contributed by atoms with Gasteiger partial charge in [-0.05, 0) is 30.7 Å². The minimum absolute atomic E-state index is 0.189. The molecule has 0 saturated carbocycles. The highest BCUT2D eigenvalue weighted by atomic mass is 32.2. The highest BCUT2D eigenvalue weighted by Crippen LogP contribution is 2.31. The van der Waals surface area contributed by atoms with Crippen LogP contribution < -0.4 is 10.6 Å². The number of hydrogen-bond acceptors (Lipinski definition) is 4. The zero-order valence-electron chi connectivity index (χ0n) is 12.6. The van der Waals surface area contributed by atoms with Gasteiger partial charge >= 0.3 is 0 Å². The molecule has 20 heavy (non-hydrogen) atoms. The predicted octanol–water partition coefficient (Wildman–Crippen LogP) is 3.52. The number of nitrogens with two attached hydrogens (primary N) is 1. The fraction of sp³-hybridized carbons (Fsp3) is 0.533. The average molecular weight is 295 g/mol. The number of thioether (sulfide) groups is 1. The molecule has 112 valence electrons. The Morgan fingerprint density at radius 2 is 1.90 bits per heavy atom. The molecule has 1 aromatic carbocycles. The molecular weight excluding hydrogens is 270 g/mol. The zero-order chi connectivity index (χ0) is 15.0. The fourth-order valence-electron chi connectivity index (χ4n) is 2.26.